The summed E-state index contributed by atoms with van der Waals surface area (Å²) in [6.45, 7) is 0. The molecule has 0 aromatic heterocycles. The number of ether oxygens (including phenoxy) is 1. The van der Waals surface area contributed by atoms with Crippen molar-refractivity contribution in [2.75, 3.05) is 0 Å². The molecule has 1 heterocycles. The van der Waals surface area contributed by atoms with Crippen LogP contribution in [0.1, 0.15) is 44.5 Å². The molecule has 0 amide bonds. The summed E-state index contributed by atoms with van der Waals surface area (Å²) >= 11 is 0. The molecule has 9 aromatic carbocycles. The minimum absolute atomic E-state index is 0.367. The van der Waals surface area contributed by atoms with Gasteiger partial charge in [-0.15, -0.1) is 0 Å². The highest BCUT2D eigenvalue weighted by Crippen LogP contribution is 2.65. The van der Waals surface area contributed by atoms with E-state index in [9.17, 15) is 0 Å². The van der Waals surface area contributed by atoms with Crippen LogP contribution >= 0.6 is 0 Å². The normalized spacial score (nSPS) is 15.0. The molecule has 0 radical (unpaired) electrons. The van der Waals surface area contributed by atoms with Gasteiger partial charge in [0, 0.05) is 16.5 Å². The van der Waals surface area contributed by atoms with Crippen LogP contribution in [0.15, 0.2) is 194 Å². The lowest BCUT2D eigenvalue weighted by atomic mass is 9.65. The number of hydrogen-bond acceptors (Lipinski definition) is 1. The van der Waals surface area contributed by atoms with Crippen LogP contribution in [0.5, 0.6) is 11.5 Å². The predicted octanol–water partition coefficient (Wildman–Crippen LogP) is 13.3. The van der Waals surface area contributed by atoms with E-state index in [2.05, 4.69) is 194 Å². The van der Waals surface area contributed by atoms with E-state index in [1.54, 1.807) is 0 Å². The molecule has 0 N–H and O–H groups in total. The van der Waals surface area contributed by atoms with Gasteiger partial charge in [-0.2, -0.15) is 0 Å². The van der Waals surface area contributed by atoms with E-state index < -0.39 is 5.41 Å². The largest absolute Gasteiger partial charge is 0.456 e. The zero-order chi connectivity index (χ0) is 35.9. The molecule has 1 heteroatoms. The number of benzene rings is 9. The Labute approximate surface area is 319 Å². The summed E-state index contributed by atoms with van der Waals surface area (Å²) in [6, 6.07) is 72.4. The van der Waals surface area contributed by atoms with Crippen molar-refractivity contribution in [3.05, 3.63) is 239 Å². The van der Waals surface area contributed by atoms with Crippen molar-refractivity contribution in [1.29, 1.82) is 0 Å². The second-order valence-corrected chi connectivity index (χ2v) is 15.4. The zero-order valence-electron chi connectivity index (χ0n) is 29.9. The first kappa shape index (κ1) is 29.5. The molecule has 13 rings (SSSR count). The van der Waals surface area contributed by atoms with Gasteiger partial charge in [-0.1, -0.05) is 176 Å². The van der Waals surface area contributed by atoms with E-state index in [1.807, 2.05) is 0 Å². The average molecular weight is 697 g/mol. The van der Waals surface area contributed by atoms with Gasteiger partial charge in [0.2, 0.25) is 0 Å². The van der Waals surface area contributed by atoms with Crippen molar-refractivity contribution < 1.29 is 4.74 Å². The lowest BCUT2D eigenvalue weighted by Gasteiger charge is -2.40. The monoisotopic (exact) mass is 696 g/mol. The molecule has 254 valence electrons. The van der Waals surface area contributed by atoms with Crippen molar-refractivity contribution in [3.8, 4) is 56.0 Å². The Morgan fingerprint density at radius 3 is 1.22 bits per heavy atom. The number of rotatable bonds is 1. The maximum absolute atomic E-state index is 7.05. The Hall–Kier alpha value is -6.96. The van der Waals surface area contributed by atoms with Gasteiger partial charge >= 0.3 is 0 Å². The molecule has 3 aliphatic carbocycles. The van der Waals surface area contributed by atoms with Gasteiger partial charge < -0.3 is 4.74 Å². The summed E-state index contributed by atoms with van der Waals surface area (Å²) in [5, 5.41) is 2.31. The molecular weight excluding hydrogens is 665 g/mol. The molecule has 4 aliphatic rings. The topological polar surface area (TPSA) is 9.23 Å². The Morgan fingerprint density at radius 2 is 0.673 bits per heavy atom. The highest BCUT2D eigenvalue weighted by molar-refractivity contribution is 6.05. The smallest absolute Gasteiger partial charge is 0.140 e. The standard InChI is InChI=1S/C54H32O/c1-2-21-40-34(15-1)41(32-50-52(40)55-51-28-14-13-27-49(51)54(50)45-24-10-5-18-37(45)38-19-6-11-25-46(38)54)33-29-30-48-42(31-33)39-20-7-12-26-47(39)53(48)43-22-8-3-16-35(43)36-17-4-9-23-44(36)53/h1-32H. The third-order valence-electron chi connectivity index (χ3n) is 13.2. The van der Waals surface area contributed by atoms with Crippen LogP contribution in [0.3, 0.4) is 0 Å². The van der Waals surface area contributed by atoms with Crippen molar-refractivity contribution in [1.82, 2.24) is 0 Å². The van der Waals surface area contributed by atoms with Crippen molar-refractivity contribution in [2.24, 2.45) is 0 Å². The summed E-state index contributed by atoms with van der Waals surface area (Å²) in [6.07, 6.45) is 0. The summed E-state index contributed by atoms with van der Waals surface area (Å²) in [5.74, 6) is 1.85. The van der Waals surface area contributed by atoms with Gasteiger partial charge in [0.05, 0.1) is 10.8 Å². The van der Waals surface area contributed by atoms with E-state index in [-0.39, 0.29) is 5.41 Å². The maximum Gasteiger partial charge on any atom is 0.140 e. The summed E-state index contributed by atoms with van der Waals surface area (Å²) < 4.78 is 7.05. The highest BCUT2D eigenvalue weighted by atomic mass is 16.5. The SMILES string of the molecule is c1ccc2c(c1)Oc1c(cc(-c3ccc4c(c3)-c3ccccc3C43c4ccccc4-c4ccccc43)c3ccccc13)C21c2ccccc2-c2ccccc21. The second kappa shape index (κ2) is 10.4. The molecule has 0 saturated carbocycles. The van der Waals surface area contributed by atoms with Crippen molar-refractivity contribution in [2.45, 2.75) is 10.8 Å². The molecule has 0 bridgehead atoms. The average Bonchev–Trinajstić information content (AvgIpc) is 3.84. The van der Waals surface area contributed by atoms with Crippen molar-refractivity contribution in [3.63, 3.8) is 0 Å². The molecule has 9 aromatic rings. The van der Waals surface area contributed by atoms with Crippen LogP contribution in [0.4, 0.5) is 0 Å². The quantitative estimate of drug-likeness (QED) is 0.166. The third-order valence-corrected chi connectivity index (χ3v) is 13.2. The number of para-hydroxylation sites is 1. The first-order valence-electron chi connectivity index (χ1n) is 19.3. The predicted molar refractivity (Wildman–Crippen MR) is 223 cm³/mol. The first-order valence-corrected chi connectivity index (χ1v) is 19.3. The minimum Gasteiger partial charge on any atom is -0.456 e. The zero-order valence-corrected chi connectivity index (χ0v) is 29.9. The molecule has 0 unspecified atom stereocenters. The molecule has 55 heavy (non-hydrogen) atoms. The van der Waals surface area contributed by atoms with Crippen LogP contribution < -0.4 is 4.74 Å². The van der Waals surface area contributed by atoms with Gasteiger partial charge in [-0.05, 0) is 101 Å². The third kappa shape index (κ3) is 3.42. The van der Waals surface area contributed by atoms with Gasteiger partial charge in [0.25, 0.3) is 0 Å². The molecule has 1 aliphatic heterocycles. The minimum atomic E-state index is -0.541. The molecule has 0 saturated heterocycles. The Balaban J connectivity index is 1.12. The molecule has 0 fully saturated rings. The van der Waals surface area contributed by atoms with Gasteiger partial charge in [-0.25, -0.2) is 0 Å². The molecule has 2 spiro atoms. The van der Waals surface area contributed by atoms with Crippen LogP contribution in [0.2, 0.25) is 0 Å². The maximum atomic E-state index is 7.05. The first-order chi connectivity index (χ1) is 27.3. The van der Waals surface area contributed by atoms with E-state index in [0.29, 0.717) is 0 Å². The fraction of sp³-hybridized carbons (Fsp3) is 0.0370. The van der Waals surface area contributed by atoms with Gasteiger partial charge in [-0.3, -0.25) is 0 Å². The summed E-state index contributed by atoms with van der Waals surface area (Å²) in [4.78, 5) is 0. The Bertz CT molecular complexity index is 3050. The van der Waals surface area contributed by atoms with E-state index in [0.717, 1.165) is 16.9 Å². The highest BCUT2D eigenvalue weighted by Gasteiger charge is 2.53. The van der Waals surface area contributed by atoms with E-state index in [1.165, 1.54) is 94.4 Å². The van der Waals surface area contributed by atoms with Crippen LogP contribution in [0.25, 0.3) is 55.3 Å². The molecule has 0 atom stereocenters. The fourth-order valence-electron chi connectivity index (χ4n) is 11.2. The van der Waals surface area contributed by atoms with Crippen LogP contribution in [0, 0.1) is 0 Å². The number of hydrogen-bond donors (Lipinski definition) is 0. The van der Waals surface area contributed by atoms with E-state index in [4.69, 9.17) is 4.74 Å². The lowest BCUT2D eigenvalue weighted by Crippen LogP contribution is -2.32. The molecule has 1 nitrogen and oxygen atoms in total. The van der Waals surface area contributed by atoms with Crippen LogP contribution in [-0.2, 0) is 10.8 Å². The Kier molecular flexibility index (Phi) is 5.56. The van der Waals surface area contributed by atoms with Crippen LogP contribution in [-0.4, -0.2) is 0 Å². The summed E-state index contributed by atoms with van der Waals surface area (Å²) in [7, 11) is 0. The van der Waals surface area contributed by atoms with E-state index >= 15 is 0 Å². The van der Waals surface area contributed by atoms with Gasteiger partial charge in [0.15, 0.2) is 0 Å². The fourth-order valence-corrected chi connectivity index (χ4v) is 11.2. The van der Waals surface area contributed by atoms with Crippen molar-refractivity contribution >= 4 is 10.8 Å². The number of fused-ring (bicyclic) bond motifs is 21. The lowest BCUT2D eigenvalue weighted by molar-refractivity contribution is 0.442. The second-order valence-electron chi connectivity index (χ2n) is 15.4. The summed E-state index contributed by atoms with van der Waals surface area (Å²) in [5.41, 5.74) is 19.8. The molecular formula is C54H32O. The van der Waals surface area contributed by atoms with Gasteiger partial charge in [0.1, 0.15) is 11.5 Å². The Morgan fingerprint density at radius 1 is 0.273 bits per heavy atom.